The van der Waals surface area contributed by atoms with Gasteiger partial charge in [-0.15, -0.1) is 11.3 Å². The molecule has 4 N–H and O–H groups in total. The Morgan fingerprint density at radius 1 is 1.34 bits per heavy atom. The molecule has 9 nitrogen and oxygen atoms in total. The van der Waals surface area contributed by atoms with Gasteiger partial charge in [-0.1, -0.05) is 6.42 Å². The molecule has 1 atom stereocenters. The lowest BCUT2D eigenvalue weighted by Gasteiger charge is -2.31. The standard InChI is InChI=1S/C22H28N6O3S/c1-28-9-3-2-5-16(28)22(30)24-8-4-10-31-21-14(17-11-26-19(13-29)32-17)6-7-15-20(21)27-18(23)12-25-15/h6-7,11-12,16,29H,2-5,8-10,13H2,1H3,(H2,23,27)(H,24,30). The molecule has 3 heterocycles. The van der Waals surface area contributed by atoms with Gasteiger partial charge in [0.1, 0.15) is 16.3 Å². The highest BCUT2D eigenvalue weighted by Gasteiger charge is 2.25. The number of amides is 1. The van der Waals surface area contributed by atoms with Crippen LogP contribution in [0, 0.1) is 0 Å². The Balaban J connectivity index is 1.45. The molecule has 0 radical (unpaired) electrons. The van der Waals surface area contributed by atoms with Crippen LogP contribution >= 0.6 is 11.3 Å². The van der Waals surface area contributed by atoms with Gasteiger partial charge in [0.2, 0.25) is 5.91 Å². The lowest BCUT2D eigenvalue weighted by Crippen LogP contribution is -2.47. The normalized spacial score (nSPS) is 16.9. The molecule has 0 aliphatic carbocycles. The second-order valence-electron chi connectivity index (χ2n) is 7.87. The quantitative estimate of drug-likeness (QED) is 0.440. The SMILES string of the molecule is CN1CCCCC1C(=O)NCCCOc1c(-c2cnc(CO)s2)ccc2ncc(N)nc12. The van der Waals surface area contributed by atoms with E-state index in [-0.39, 0.29) is 18.6 Å². The third-order valence-electron chi connectivity index (χ3n) is 5.58. The first-order valence-electron chi connectivity index (χ1n) is 10.8. The molecule has 1 aliphatic rings. The Labute approximate surface area is 190 Å². The Morgan fingerprint density at radius 2 is 2.22 bits per heavy atom. The number of thiazole rings is 1. The van der Waals surface area contributed by atoms with Crippen LogP contribution in [0.3, 0.4) is 0 Å². The molecule has 0 saturated carbocycles. The number of ether oxygens (including phenoxy) is 1. The summed E-state index contributed by atoms with van der Waals surface area (Å²) < 4.78 is 6.15. The summed E-state index contributed by atoms with van der Waals surface area (Å²) in [5, 5.41) is 13.0. The maximum Gasteiger partial charge on any atom is 0.237 e. The van der Waals surface area contributed by atoms with Crippen molar-refractivity contribution in [3.05, 3.63) is 29.5 Å². The van der Waals surface area contributed by atoms with Crippen LogP contribution in [0.5, 0.6) is 5.75 Å². The van der Waals surface area contributed by atoms with Crippen molar-refractivity contribution in [3.63, 3.8) is 0 Å². The molecule has 2 aromatic heterocycles. The van der Waals surface area contributed by atoms with E-state index in [0.717, 1.165) is 36.2 Å². The minimum atomic E-state index is -0.114. The fraction of sp³-hybridized carbons (Fsp3) is 0.455. The summed E-state index contributed by atoms with van der Waals surface area (Å²) in [6, 6.07) is 3.74. The van der Waals surface area contributed by atoms with E-state index in [2.05, 4.69) is 25.2 Å². The zero-order valence-electron chi connectivity index (χ0n) is 18.1. The number of benzene rings is 1. The van der Waals surface area contributed by atoms with Crippen molar-refractivity contribution < 1.29 is 14.6 Å². The number of nitrogens with one attached hydrogen (secondary N) is 1. The van der Waals surface area contributed by atoms with E-state index in [9.17, 15) is 9.90 Å². The Morgan fingerprint density at radius 3 is 3.00 bits per heavy atom. The minimum Gasteiger partial charge on any atom is -0.490 e. The van der Waals surface area contributed by atoms with Gasteiger partial charge < -0.3 is 20.9 Å². The molecule has 1 aromatic carbocycles. The number of piperidine rings is 1. The molecule has 1 aliphatic heterocycles. The zero-order chi connectivity index (χ0) is 22.5. The number of aromatic nitrogens is 3. The Hall–Kier alpha value is -2.82. The highest BCUT2D eigenvalue weighted by Crippen LogP contribution is 2.38. The lowest BCUT2D eigenvalue weighted by molar-refractivity contribution is -0.127. The topological polar surface area (TPSA) is 126 Å². The van der Waals surface area contributed by atoms with E-state index < -0.39 is 0 Å². The number of aliphatic hydroxyl groups excluding tert-OH is 1. The number of anilines is 1. The predicted molar refractivity (Wildman–Crippen MR) is 124 cm³/mol. The first-order valence-corrected chi connectivity index (χ1v) is 11.6. The number of carbonyl (C=O) groups excluding carboxylic acids is 1. The largest absolute Gasteiger partial charge is 0.490 e. The van der Waals surface area contributed by atoms with Crippen molar-refractivity contribution in [1.29, 1.82) is 0 Å². The van der Waals surface area contributed by atoms with Crippen molar-refractivity contribution in [2.45, 2.75) is 38.3 Å². The summed E-state index contributed by atoms with van der Waals surface area (Å²) in [4.78, 5) is 28.5. The second kappa shape index (κ2) is 10.2. The van der Waals surface area contributed by atoms with E-state index in [1.165, 1.54) is 17.5 Å². The van der Waals surface area contributed by atoms with Crippen LogP contribution in [-0.2, 0) is 11.4 Å². The number of aliphatic hydroxyl groups is 1. The van der Waals surface area contributed by atoms with Gasteiger partial charge in [-0.3, -0.25) is 14.7 Å². The zero-order valence-corrected chi connectivity index (χ0v) is 18.9. The summed E-state index contributed by atoms with van der Waals surface area (Å²) in [5.74, 6) is 0.968. The number of likely N-dealkylation sites (N-methyl/N-ethyl adjacent to an activating group) is 1. The van der Waals surface area contributed by atoms with Gasteiger partial charge in [0.15, 0.2) is 5.75 Å². The molecular weight excluding hydrogens is 428 g/mol. The fourth-order valence-corrected chi connectivity index (χ4v) is 4.70. The summed E-state index contributed by atoms with van der Waals surface area (Å²) in [6.45, 7) is 1.78. The van der Waals surface area contributed by atoms with E-state index in [1.54, 1.807) is 6.20 Å². The van der Waals surface area contributed by atoms with Gasteiger partial charge in [-0.05, 0) is 45.0 Å². The van der Waals surface area contributed by atoms with Gasteiger partial charge in [0, 0.05) is 18.3 Å². The number of likely N-dealkylation sites (tertiary alicyclic amines) is 1. The maximum atomic E-state index is 12.5. The summed E-state index contributed by atoms with van der Waals surface area (Å²) >= 11 is 1.39. The van der Waals surface area contributed by atoms with Gasteiger partial charge in [-0.25, -0.2) is 9.97 Å². The number of nitrogens with two attached hydrogens (primary N) is 1. The van der Waals surface area contributed by atoms with E-state index in [0.29, 0.717) is 47.2 Å². The summed E-state index contributed by atoms with van der Waals surface area (Å²) in [6.07, 6.45) is 7.02. The number of rotatable bonds is 8. The molecule has 170 valence electrons. The van der Waals surface area contributed by atoms with Crippen LogP contribution in [0.2, 0.25) is 0 Å². The van der Waals surface area contributed by atoms with E-state index >= 15 is 0 Å². The average Bonchev–Trinajstić information content (AvgIpc) is 3.28. The van der Waals surface area contributed by atoms with Gasteiger partial charge in [0.25, 0.3) is 0 Å². The molecule has 32 heavy (non-hydrogen) atoms. The molecule has 4 rings (SSSR count). The molecule has 1 amide bonds. The maximum absolute atomic E-state index is 12.5. The smallest absolute Gasteiger partial charge is 0.237 e. The number of hydrogen-bond acceptors (Lipinski definition) is 9. The molecule has 1 fully saturated rings. The monoisotopic (exact) mass is 456 g/mol. The molecule has 0 spiro atoms. The highest BCUT2D eigenvalue weighted by atomic mass is 32.1. The average molecular weight is 457 g/mol. The lowest BCUT2D eigenvalue weighted by atomic mass is 10.0. The Bertz CT molecular complexity index is 1090. The third-order valence-corrected chi connectivity index (χ3v) is 6.60. The van der Waals surface area contributed by atoms with Crippen LogP contribution in [0.1, 0.15) is 30.7 Å². The number of fused-ring (bicyclic) bond motifs is 1. The number of hydrogen-bond donors (Lipinski definition) is 3. The van der Waals surface area contributed by atoms with Crippen molar-refractivity contribution in [2.24, 2.45) is 0 Å². The number of carbonyl (C=O) groups is 1. The minimum absolute atomic E-state index is 0.0420. The van der Waals surface area contributed by atoms with Crippen molar-refractivity contribution >= 4 is 34.1 Å². The van der Waals surface area contributed by atoms with Crippen LogP contribution < -0.4 is 15.8 Å². The summed E-state index contributed by atoms with van der Waals surface area (Å²) in [7, 11) is 2.00. The molecule has 10 heteroatoms. The Kier molecular flexibility index (Phi) is 7.13. The fourth-order valence-electron chi connectivity index (χ4n) is 3.90. The first-order chi connectivity index (χ1) is 15.6. The van der Waals surface area contributed by atoms with Crippen LogP contribution in [0.15, 0.2) is 24.5 Å². The van der Waals surface area contributed by atoms with Gasteiger partial charge >= 0.3 is 0 Å². The predicted octanol–water partition coefficient (Wildman–Crippen LogP) is 2.20. The molecule has 0 bridgehead atoms. The molecule has 1 unspecified atom stereocenters. The van der Waals surface area contributed by atoms with Gasteiger partial charge in [0.05, 0.1) is 35.8 Å². The molecule has 1 saturated heterocycles. The van der Waals surface area contributed by atoms with Crippen molar-refractivity contribution in [3.8, 4) is 16.2 Å². The van der Waals surface area contributed by atoms with Gasteiger partial charge in [-0.2, -0.15) is 0 Å². The van der Waals surface area contributed by atoms with E-state index in [1.807, 2.05) is 19.2 Å². The van der Waals surface area contributed by atoms with Crippen LogP contribution in [0.25, 0.3) is 21.5 Å². The van der Waals surface area contributed by atoms with E-state index in [4.69, 9.17) is 10.5 Å². The third kappa shape index (κ3) is 4.98. The number of nitrogen functional groups attached to an aromatic ring is 1. The van der Waals surface area contributed by atoms with Crippen molar-refractivity contribution in [2.75, 3.05) is 32.5 Å². The van der Waals surface area contributed by atoms with Crippen LogP contribution in [0.4, 0.5) is 5.82 Å². The van der Waals surface area contributed by atoms with Crippen molar-refractivity contribution in [1.82, 2.24) is 25.2 Å². The summed E-state index contributed by atoms with van der Waals surface area (Å²) in [5.41, 5.74) is 7.95. The van der Waals surface area contributed by atoms with Crippen LogP contribution in [-0.4, -0.2) is 63.7 Å². The number of nitrogens with zero attached hydrogens (tertiary/aromatic N) is 4. The highest BCUT2D eigenvalue weighted by molar-refractivity contribution is 7.15. The second-order valence-corrected chi connectivity index (χ2v) is 8.98. The first kappa shape index (κ1) is 22.4. The molecule has 3 aromatic rings. The molecular formula is C22H28N6O3S.